The molecular weight excluding hydrogens is 314 g/mol. The Labute approximate surface area is 129 Å². The number of methoxy groups -OCH3 is 1. The molecule has 0 saturated heterocycles. The number of rotatable bonds is 9. The largest absolute Gasteiger partial charge is 0.388 e. The highest BCUT2D eigenvalue weighted by atomic mass is 32.2. The zero-order valence-corrected chi connectivity index (χ0v) is 14.2. The van der Waals surface area contributed by atoms with Gasteiger partial charge >= 0.3 is 0 Å². The minimum absolute atomic E-state index is 0.00693. The summed E-state index contributed by atoms with van der Waals surface area (Å²) in [7, 11) is -1.90. The number of aliphatic hydroxyl groups is 1. The molecule has 1 unspecified atom stereocenters. The van der Waals surface area contributed by atoms with Crippen LogP contribution in [0.2, 0.25) is 0 Å². The molecule has 0 spiro atoms. The monoisotopic (exact) mass is 337 g/mol. The van der Waals surface area contributed by atoms with Crippen molar-refractivity contribution in [2.75, 3.05) is 37.1 Å². The molecule has 9 heteroatoms. The maximum atomic E-state index is 12.2. The second kappa shape index (κ2) is 7.39. The van der Waals surface area contributed by atoms with Crippen LogP contribution in [0, 0.1) is 0 Å². The van der Waals surface area contributed by atoms with Gasteiger partial charge in [0.2, 0.25) is 0 Å². The van der Waals surface area contributed by atoms with E-state index in [0.717, 1.165) is 11.5 Å². The Bertz CT molecular complexity index is 555. The molecule has 0 aliphatic heterocycles. The number of nitrogens with two attached hydrogens (primary N) is 1. The summed E-state index contributed by atoms with van der Waals surface area (Å²) in [6.07, 6.45) is 0.935. The molecule has 0 aromatic carbocycles. The second-order valence-electron chi connectivity index (χ2n) is 5.14. The molecule has 4 N–H and O–H groups in total. The predicted octanol–water partition coefficient (Wildman–Crippen LogP) is 1.11. The molecule has 0 fully saturated rings. The summed E-state index contributed by atoms with van der Waals surface area (Å²) in [5.74, 6) is 0.0251. The third kappa shape index (κ3) is 5.10. The van der Waals surface area contributed by atoms with Crippen LogP contribution >= 0.6 is 11.5 Å². The van der Waals surface area contributed by atoms with Gasteiger partial charge in [0.25, 0.3) is 0 Å². The average Bonchev–Trinajstić information content (AvgIpc) is 2.76. The second-order valence-corrected chi connectivity index (χ2v) is 7.96. The molecule has 1 aromatic heterocycles. The van der Waals surface area contributed by atoms with E-state index in [1.165, 1.54) is 0 Å². The van der Waals surface area contributed by atoms with Gasteiger partial charge in [-0.25, -0.2) is 8.42 Å². The number of ether oxygens (including phenoxy) is 1. The number of sulfone groups is 1. The van der Waals surface area contributed by atoms with Crippen molar-refractivity contribution in [1.82, 2.24) is 4.37 Å². The van der Waals surface area contributed by atoms with Gasteiger partial charge in [-0.2, -0.15) is 4.37 Å². The van der Waals surface area contributed by atoms with Gasteiger partial charge in [0.1, 0.15) is 9.90 Å². The summed E-state index contributed by atoms with van der Waals surface area (Å²) >= 11 is 0.986. The summed E-state index contributed by atoms with van der Waals surface area (Å²) in [5.41, 5.74) is 4.66. The van der Waals surface area contributed by atoms with Crippen molar-refractivity contribution >= 4 is 32.2 Å². The normalized spacial score (nSPS) is 14.9. The molecule has 0 radical (unpaired) electrons. The van der Waals surface area contributed by atoms with Gasteiger partial charge in [0, 0.05) is 26.7 Å². The van der Waals surface area contributed by atoms with Gasteiger partial charge < -0.3 is 20.9 Å². The molecule has 0 aliphatic carbocycles. The third-order valence-corrected chi connectivity index (χ3v) is 5.86. The molecule has 1 atom stereocenters. The molecule has 21 heavy (non-hydrogen) atoms. The molecule has 1 rings (SSSR count). The summed E-state index contributed by atoms with van der Waals surface area (Å²) in [6, 6.07) is 0. The molecule has 1 heterocycles. The van der Waals surface area contributed by atoms with E-state index in [-0.39, 0.29) is 23.0 Å². The molecule has 122 valence electrons. The number of hydrogen-bond acceptors (Lipinski definition) is 8. The maximum absolute atomic E-state index is 12.2. The van der Waals surface area contributed by atoms with Crippen molar-refractivity contribution in [1.29, 1.82) is 0 Å². The van der Waals surface area contributed by atoms with Gasteiger partial charge in [0.15, 0.2) is 15.7 Å². The lowest BCUT2D eigenvalue weighted by Crippen LogP contribution is -2.34. The topological polar surface area (TPSA) is 115 Å². The van der Waals surface area contributed by atoms with Crippen molar-refractivity contribution < 1.29 is 18.3 Å². The highest BCUT2D eigenvalue weighted by molar-refractivity contribution is 7.91. The minimum atomic E-state index is -3.46. The van der Waals surface area contributed by atoms with Crippen molar-refractivity contribution in [2.24, 2.45) is 0 Å². The molecular formula is C12H23N3O4S2. The van der Waals surface area contributed by atoms with Crippen molar-refractivity contribution in [3.05, 3.63) is 0 Å². The standard InChI is InChI=1S/C12H23N3O4S2/c1-4-7-21(17,18)9-10(13)15-20-11(9)14-8-12(2,16)5-6-19-3/h14,16H,4-8H2,1-3H3,(H2,13,15). The van der Waals surface area contributed by atoms with Crippen molar-refractivity contribution in [3.8, 4) is 0 Å². The summed E-state index contributed by atoms with van der Waals surface area (Å²) in [4.78, 5) is 0.0388. The Morgan fingerprint density at radius 1 is 1.52 bits per heavy atom. The van der Waals surface area contributed by atoms with Crippen LogP contribution in [0.15, 0.2) is 4.90 Å². The average molecular weight is 337 g/mol. The van der Waals surface area contributed by atoms with Gasteiger partial charge in [-0.15, -0.1) is 0 Å². The SMILES string of the molecule is CCCS(=O)(=O)c1c(N)nsc1NCC(C)(O)CCOC. The number of anilines is 2. The van der Waals surface area contributed by atoms with Gasteiger partial charge in [-0.3, -0.25) is 0 Å². The Hall–Kier alpha value is -0.900. The third-order valence-electron chi connectivity index (χ3n) is 2.93. The van der Waals surface area contributed by atoms with Gasteiger partial charge in [-0.1, -0.05) is 6.92 Å². The Morgan fingerprint density at radius 2 is 2.19 bits per heavy atom. The quantitative estimate of drug-likeness (QED) is 0.618. The molecule has 0 saturated carbocycles. The van der Waals surface area contributed by atoms with Gasteiger partial charge in [0.05, 0.1) is 11.4 Å². The number of nitrogen functional groups attached to an aromatic ring is 1. The predicted molar refractivity (Wildman–Crippen MR) is 84.5 cm³/mol. The summed E-state index contributed by atoms with van der Waals surface area (Å²) in [6.45, 7) is 4.05. The van der Waals surface area contributed by atoms with E-state index in [1.807, 2.05) is 0 Å². The fourth-order valence-corrected chi connectivity index (χ4v) is 4.38. The summed E-state index contributed by atoms with van der Waals surface area (Å²) in [5, 5.41) is 13.5. The van der Waals surface area contributed by atoms with Crippen molar-refractivity contribution in [3.63, 3.8) is 0 Å². The van der Waals surface area contributed by atoms with E-state index in [2.05, 4.69) is 9.69 Å². The number of aromatic nitrogens is 1. The number of nitrogens with zero attached hydrogens (tertiary/aromatic N) is 1. The molecule has 0 aliphatic rings. The van der Waals surface area contributed by atoms with E-state index in [9.17, 15) is 13.5 Å². The molecule has 7 nitrogen and oxygen atoms in total. The first kappa shape index (κ1) is 18.1. The van der Waals surface area contributed by atoms with Crippen LogP contribution in [-0.2, 0) is 14.6 Å². The van der Waals surface area contributed by atoms with Crippen molar-refractivity contribution in [2.45, 2.75) is 37.2 Å². The summed E-state index contributed by atoms with van der Waals surface area (Å²) < 4.78 is 33.2. The first-order valence-electron chi connectivity index (χ1n) is 6.66. The Balaban J connectivity index is 2.87. The van der Waals surface area contributed by atoms with Gasteiger partial charge in [-0.05, 0) is 24.9 Å². The van der Waals surface area contributed by atoms with Crippen LogP contribution in [0.3, 0.4) is 0 Å². The molecule has 0 amide bonds. The lowest BCUT2D eigenvalue weighted by molar-refractivity contribution is 0.0358. The van der Waals surface area contributed by atoms with E-state index in [0.29, 0.717) is 24.4 Å². The Morgan fingerprint density at radius 3 is 2.76 bits per heavy atom. The van der Waals surface area contributed by atoms with Crippen LogP contribution in [0.1, 0.15) is 26.7 Å². The smallest absolute Gasteiger partial charge is 0.185 e. The highest BCUT2D eigenvalue weighted by Crippen LogP contribution is 2.33. The van der Waals surface area contributed by atoms with E-state index >= 15 is 0 Å². The first-order chi connectivity index (χ1) is 9.73. The van der Waals surface area contributed by atoms with Crippen LogP contribution in [-0.4, -0.2) is 49.5 Å². The zero-order valence-electron chi connectivity index (χ0n) is 12.5. The number of nitrogens with one attached hydrogen (secondary N) is 1. The lowest BCUT2D eigenvalue weighted by Gasteiger charge is -2.23. The van der Waals surface area contributed by atoms with E-state index in [1.54, 1.807) is 21.0 Å². The van der Waals surface area contributed by atoms with Crippen LogP contribution in [0.25, 0.3) is 0 Å². The minimum Gasteiger partial charge on any atom is -0.388 e. The lowest BCUT2D eigenvalue weighted by atomic mass is 10.0. The van der Waals surface area contributed by atoms with E-state index in [4.69, 9.17) is 10.5 Å². The first-order valence-corrected chi connectivity index (χ1v) is 9.09. The van der Waals surface area contributed by atoms with E-state index < -0.39 is 15.4 Å². The zero-order chi connectivity index (χ0) is 16.1. The maximum Gasteiger partial charge on any atom is 0.185 e. The molecule has 0 bridgehead atoms. The molecule has 1 aromatic rings. The fourth-order valence-electron chi connectivity index (χ4n) is 1.76. The highest BCUT2D eigenvalue weighted by Gasteiger charge is 2.27. The van der Waals surface area contributed by atoms with Crippen LogP contribution < -0.4 is 11.1 Å². The Kier molecular flexibility index (Phi) is 6.39. The fraction of sp³-hybridized carbons (Fsp3) is 0.750. The number of hydrogen-bond donors (Lipinski definition) is 3. The van der Waals surface area contributed by atoms with Crippen LogP contribution in [0.4, 0.5) is 10.8 Å². The van der Waals surface area contributed by atoms with Crippen LogP contribution in [0.5, 0.6) is 0 Å².